The summed E-state index contributed by atoms with van der Waals surface area (Å²) in [6.07, 6.45) is 6.22. The number of urea groups is 1. The number of carbonyl (C=O) groups is 1. The second kappa shape index (κ2) is 8.31. The van der Waals surface area contributed by atoms with Crippen molar-refractivity contribution in [1.82, 2.24) is 10.2 Å². The first-order valence-electron chi connectivity index (χ1n) is 6.52. The molecule has 2 amide bonds. The first kappa shape index (κ1) is 14.3. The minimum atomic E-state index is -0.182. The van der Waals surface area contributed by atoms with E-state index >= 15 is 0 Å². The summed E-state index contributed by atoms with van der Waals surface area (Å²) in [5.41, 5.74) is 0. The largest absolute Gasteiger partial charge is 0.395 e. The van der Waals surface area contributed by atoms with Gasteiger partial charge in [-0.2, -0.15) is 0 Å². The minimum absolute atomic E-state index is 0.0726. The van der Waals surface area contributed by atoms with Gasteiger partial charge in [-0.1, -0.05) is 19.3 Å². The number of hydrogen-bond donors (Lipinski definition) is 3. The lowest BCUT2D eigenvalue weighted by atomic mass is 9.89. The number of nitrogens with one attached hydrogen (secondary N) is 1. The summed E-state index contributed by atoms with van der Waals surface area (Å²) in [7, 11) is 0. The highest BCUT2D eigenvalue weighted by Crippen LogP contribution is 2.22. The van der Waals surface area contributed by atoms with Crippen molar-refractivity contribution >= 4 is 6.03 Å². The van der Waals surface area contributed by atoms with Gasteiger partial charge in [-0.25, -0.2) is 4.79 Å². The number of amides is 2. The van der Waals surface area contributed by atoms with Crippen molar-refractivity contribution in [1.29, 1.82) is 0 Å². The lowest BCUT2D eigenvalue weighted by Gasteiger charge is -2.25. The molecule has 100 valence electrons. The van der Waals surface area contributed by atoms with Crippen molar-refractivity contribution in [3.8, 4) is 0 Å². The summed E-state index contributed by atoms with van der Waals surface area (Å²) in [5.74, 6) is 0.595. The third kappa shape index (κ3) is 5.37. The Morgan fingerprint density at radius 3 is 2.24 bits per heavy atom. The molecular formula is C12H24N2O3. The van der Waals surface area contributed by atoms with Crippen LogP contribution in [0.1, 0.15) is 32.1 Å². The Kier molecular flexibility index (Phi) is 6.96. The van der Waals surface area contributed by atoms with E-state index < -0.39 is 0 Å². The van der Waals surface area contributed by atoms with E-state index in [-0.39, 0.29) is 32.3 Å². The van der Waals surface area contributed by atoms with Gasteiger partial charge in [0.25, 0.3) is 0 Å². The predicted molar refractivity (Wildman–Crippen MR) is 65.7 cm³/mol. The van der Waals surface area contributed by atoms with E-state index in [1.165, 1.54) is 37.0 Å². The van der Waals surface area contributed by atoms with Crippen molar-refractivity contribution < 1.29 is 15.0 Å². The number of nitrogens with zero attached hydrogens (tertiary/aromatic N) is 1. The average molecular weight is 244 g/mol. The Bertz CT molecular complexity index is 212. The van der Waals surface area contributed by atoms with Crippen LogP contribution in [0.2, 0.25) is 0 Å². The summed E-state index contributed by atoms with van der Waals surface area (Å²) in [5, 5.41) is 20.5. The second-order valence-electron chi connectivity index (χ2n) is 4.62. The molecule has 0 aromatic rings. The molecule has 0 saturated heterocycles. The highest BCUT2D eigenvalue weighted by Gasteiger charge is 2.16. The van der Waals surface area contributed by atoms with Crippen molar-refractivity contribution in [3.63, 3.8) is 0 Å². The van der Waals surface area contributed by atoms with Crippen LogP contribution in [0.15, 0.2) is 0 Å². The molecule has 0 atom stereocenters. The van der Waals surface area contributed by atoms with E-state index in [1.54, 1.807) is 0 Å². The molecule has 0 aliphatic heterocycles. The molecule has 1 fully saturated rings. The van der Waals surface area contributed by atoms with Crippen molar-refractivity contribution in [3.05, 3.63) is 0 Å². The smallest absolute Gasteiger partial charge is 0.317 e. The maximum absolute atomic E-state index is 11.8. The quantitative estimate of drug-likeness (QED) is 0.639. The second-order valence-corrected chi connectivity index (χ2v) is 4.62. The van der Waals surface area contributed by atoms with Gasteiger partial charge in [-0.05, 0) is 18.8 Å². The molecule has 0 heterocycles. The van der Waals surface area contributed by atoms with Crippen molar-refractivity contribution in [2.45, 2.75) is 32.1 Å². The molecule has 1 saturated carbocycles. The maximum Gasteiger partial charge on any atom is 0.317 e. The average Bonchev–Trinajstić information content (AvgIpc) is 2.37. The third-order valence-electron chi connectivity index (χ3n) is 3.29. The molecule has 0 spiro atoms. The Labute approximate surface area is 103 Å². The summed E-state index contributed by atoms with van der Waals surface area (Å²) in [6, 6.07) is -0.182. The topological polar surface area (TPSA) is 72.8 Å². The summed E-state index contributed by atoms with van der Waals surface area (Å²) < 4.78 is 0. The first-order chi connectivity index (χ1) is 8.27. The van der Waals surface area contributed by atoms with Gasteiger partial charge in [0.05, 0.1) is 13.2 Å². The highest BCUT2D eigenvalue weighted by molar-refractivity contribution is 5.74. The number of aliphatic hydroxyl groups is 2. The van der Waals surface area contributed by atoms with E-state index in [0.29, 0.717) is 12.5 Å². The van der Waals surface area contributed by atoms with E-state index in [4.69, 9.17) is 10.2 Å². The van der Waals surface area contributed by atoms with Gasteiger partial charge in [0, 0.05) is 19.6 Å². The third-order valence-corrected chi connectivity index (χ3v) is 3.29. The van der Waals surface area contributed by atoms with Crippen LogP contribution in [-0.2, 0) is 0 Å². The Balaban J connectivity index is 2.25. The van der Waals surface area contributed by atoms with Crippen molar-refractivity contribution in [2.24, 2.45) is 5.92 Å². The van der Waals surface area contributed by atoms with Gasteiger partial charge < -0.3 is 20.4 Å². The van der Waals surface area contributed by atoms with Crippen LogP contribution in [0.4, 0.5) is 4.79 Å². The first-order valence-corrected chi connectivity index (χ1v) is 6.52. The van der Waals surface area contributed by atoms with E-state index in [9.17, 15) is 4.79 Å². The predicted octanol–water partition coefficient (Wildman–Crippen LogP) is 0.563. The molecule has 17 heavy (non-hydrogen) atoms. The van der Waals surface area contributed by atoms with Crippen LogP contribution in [0.3, 0.4) is 0 Å². The van der Waals surface area contributed by atoms with Crippen LogP contribution >= 0.6 is 0 Å². The van der Waals surface area contributed by atoms with Gasteiger partial charge in [-0.3, -0.25) is 0 Å². The standard InChI is InChI=1S/C12H24N2O3/c15-8-6-14(7-9-16)12(17)13-10-11-4-2-1-3-5-11/h11,15-16H,1-10H2,(H,13,17). The fourth-order valence-corrected chi connectivity index (χ4v) is 2.29. The van der Waals surface area contributed by atoms with Crippen LogP contribution in [0.25, 0.3) is 0 Å². The lowest BCUT2D eigenvalue weighted by molar-refractivity contribution is 0.156. The number of hydrogen-bond acceptors (Lipinski definition) is 3. The molecule has 5 heteroatoms. The molecule has 0 radical (unpaired) electrons. The SMILES string of the molecule is O=C(NCC1CCCCC1)N(CCO)CCO. The number of aliphatic hydroxyl groups excluding tert-OH is 2. The monoisotopic (exact) mass is 244 g/mol. The Morgan fingerprint density at radius 2 is 1.71 bits per heavy atom. The van der Waals surface area contributed by atoms with Crippen LogP contribution in [0, 0.1) is 5.92 Å². The van der Waals surface area contributed by atoms with Crippen LogP contribution in [-0.4, -0.2) is 54.0 Å². The van der Waals surface area contributed by atoms with Gasteiger partial charge in [0.1, 0.15) is 0 Å². The zero-order chi connectivity index (χ0) is 12.5. The summed E-state index contributed by atoms with van der Waals surface area (Å²) in [4.78, 5) is 13.2. The van der Waals surface area contributed by atoms with Crippen LogP contribution in [0.5, 0.6) is 0 Å². The molecule has 0 aromatic carbocycles. The molecule has 5 nitrogen and oxygen atoms in total. The van der Waals surface area contributed by atoms with Gasteiger partial charge >= 0.3 is 6.03 Å². The molecule has 3 N–H and O–H groups in total. The van der Waals surface area contributed by atoms with Gasteiger partial charge in [0.2, 0.25) is 0 Å². The van der Waals surface area contributed by atoms with Gasteiger partial charge in [0.15, 0.2) is 0 Å². The zero-order valence-corrected chi connectivity index (χ0v) is 10.4. The number of rotatable bonds is 6. The lowest BCUT2D eigenvalue weighted by Crippen LogP contribution is -2.44. The van der Waals surface area contributed by atoms with Crippen molar-refractivity contribution in [2.75, 3.05) is 32.8 Å². The molecular weight excluding hydrogens is 220 g/mol. The molecule has 1 rings (SSSR count). The zero-order valence-electron chi connectivity index (χ0n) is 10.4. The summed E-state index contributed by atoms with van der Waals surface area (Å²) in [6.45, 7) is 1.12. The van der Waals surface area contributed by atoms with Gasteiger partial charge in [-0.15, -0.1) is 0 Å². The maximum atomic E-state index is 11.8. The highest BCUT2D eigenvalue weighted by atomic mass is 16.3. The number of carbonyl (C=O) groups excluding carboxylic acids is 1. The fourth-order valence-electron chi connectivity index (χ4n) is 2.29. The van der Waals surface area contributed by atoms with E-state index in [2.05, 4.69) is 5.32 Å². The molecule has 0 bridgehead atoms. The fraction of sp³-hybridized carbons (Fsp3) is 0.917. The molecule has 1 aliphatic rings. The molecule has 1 aliphatic carbocycles. The Morgan fingerprint density at radius 1 is 1.12 bits per heavy atom. The molecule has 0 unspecified atom stereocenters. The minimum Gasteiger partial charge on any atom is -0.395 e. The normalized spacial score (nSPS) is 16.8. The molecule has 0 aromatic heterocycles. The van der Waals surface area contributed by atoms with E-state index in [1.807, 2.05) is 0 Å². The van der Waals surface area contributed by atoms with Crippen LogP contribution < -0.4 is 5.32 Å². The van der Waals surface area contributed by atoms with E-state index in [0.717, 1.165) is 0 Å². The summed E-state index contributed by atoms with van der Waals surface area (Å²) >= 11 is 0. The Hall–Kier alpha value is -0.810.